The molecule has 0 amide bonds. The summed E-state index contributed by atoms with van der Waals surface area (Å²) in [5.41, 5.74) is 0.452. The highest BCUT2D eigenvalue weighted by molar-refractivity contribution is 7.94. The maximum atomic E-state index is 12.0. The third kappa shape index (κ3) is 3.71. The average Bonchev–Trinajstić information content (AvgIpc) is 2.95. The number of thiophene rings is 1. The molecule has 0 bridgehead atoms. The van der Waals surface area contributed by atoms with Crippen molar-refractivity contribution in [1.29, 1.82) is 0 Å². The van der Waals surface area contributed by atoms with E-state index >= 15 is 0 Å². The van der Waals surface area contributed by atoms with Crippen LogP contribution in [0.15, 0.2) is 40.1 Å². The minimum Gasteiger partial charge on any atom is -0.368 e. The molecule has 0 aromatic carbocycles. The number of sulfonamides is 1. The Morgan fingerprint density at radius 1 is 1.35 bits per heavy atom. The summed E-state index contributed by atoms with van der Waals surface area (Å²) in [4.78, 5) is 4.20. The van der Waals surface area contributed by atoms with Gasteiger partial charge in [0.2, 0.25) is 0 Å². The first-order valence-electron chi connectivity index (χ1n) is 6.30. The van der Waals surface area contributed by atoms with Crippen LogP contribution >= 0.6 is 11.3 Å². The van der Waals surface area contributed by atoms with Gasteiger partial charge in [-0.15, -0.1) is 11.3 Å². The van der Waals surface area contributed by atoms with E-state index in [1.807, 2.05) is 0 Å². The van der Waals surface area contributed by atoms with E-state index in [1.54, 1.807) is 29.6 Å². The molecular weight excluding hydrogens is 294 g/mol. The smallest absolute Gasteiger partial charge is 0.271 e. The molecular formula is C13H17N3O2S2. The Labute approximate surface area is 123 Å². The van der Waals surface area contributed by atoms with Crippen LogP contribution in [0.25, 0.3) is 0 Å². The summed E-state index contributed by atoms with van der Waals surface area (Å²) < 4.78 is 26.9. The third-order valence-electron chi connectivity index (χ3n) is 2.78. The maximum Gasteiger partial charge on any atom is 0.271 e. The molecule has 7 heteroatoms. The van der Waals surface area contributed by atoms with Crippen molar-refractivity contribution in [2.24, 2.45) is 0 Å². The average molecular weight is 311 g/mol. The van der Waals surface area contributed by atoms with Gasteiger partial charge in [0.25, 0.3) is 10.0 Å². The number of nitrogens with one attached hydrogen (secondary N) is 2. The molecule has 2 rings (SSSR count). The fraction of sp³-hybridized carbons (Fsp3) is 0.308. The van der Waals surface area contributed by atoms with Crippen LogP contribution in [0.1, 0.15) is 20.3 Å². The van der Waals surface area contributed by atoms with Gasteiger partial charge in [0.05, 0.1) is 11.9 Å². The quantitative estimate of drug-likeness (QED) is 0.859. The Balaban J connectivity index is 2.08. The second-order valence-corrected chi connectivity index (χ2v) is 7.28. The van der Waals surface area contributed by atoms with Gasteiger partial charge in [-0.1, -0.05) is 13.0 Å². The number of nitrogens with zero attached hydrogens (tertiary/aromatic N) is 1. The van der Waals surface area contributed by atoms with E-state index in [0.29, 0.717) is 15.9 Å². The molecule has 2 N–H and O–H groups in total. The van der Waals surface area contributed by atoms with Crippen LogP contribution in [-0.4, -0.2) is 19.4 Å². The Bertz CT molecular complexity index is 637. The minimum absolute atomic E-state index is 0.291. The molecule has 108 valence electrons. The van der Waals surface area contributed by atoms with Crippen molar-refractivity contribution in [3.63, 3.8) is 0 Å². The highest BCUT2D eigenvalue weighted by atomic mass is 32.2. The molecule has 0 radical (unpaired) electrons. The zero-order valence-electron chi connectivity index (χ0n) is 11.3. The monoisotopic (exact) mass is 311 g/mol. The van der Waals surface area contributed by atoms with Crippen molar-refractivity contribution in [2.45, 2.75) is 30.5 Å². The molecule has 2 aromatic rings. The summed E-state index contributed by atoms with van der Waals surface area (Å²) in [6.07, 6.45) is 2.50. The van der Waals surface area contributed by atoms with Gasteiger partial charge in [0, 0.05) is 6.04 Å². The fourth-order valence-corrected chi connectivity index (χ4v) is 3.55. The first-order chi connectivity index (χ1) is 9.51. The number of pyridine rings is 1. The van der Waals surface area contributed by atoms with Gasteiger partial charge in [0.15, 0.2) is 0 Å². The molecule has 2 heterocycles. The Kier molecular flexibility index (Phi) is 4.61. The fourth-order valence-electron chi connectivity index (χ4n) is 1.52. The number of rotatable bonds is 6. The van der Waals surface area contributed by atoms with Gasteiger partial charge in [-0.25, -0.2) is 13.4 Å². The zero-order chi connectivity index (χ0) is 14.6. The molecule has 0 fully saturated rings. The lowest BCUT2D eigenvalue weighted by atomic mass is 10.2. The van der Waals surface area contributed by atoms with E-state index in [2.05, 4.69) is 28.9 Å². The van der Waals surface area contributed by atoms with Gasteiger partial charge in [0.1, 0.15) is 10.0 Å². The van der Waals surface area contributed by atoms with E-state index in [0.717, 1.165) is 12.2 Å². The lowest BCUT2D eigenvalue weighted by Crippen LogP contribution is -2.15. The first kappa shape index (κ1) is 14.8. The van der Waals surface area contributed by atoms with Crippen LogP contribution < -0.4 is 10.0 Å². The number of anilines is 2. The van der Waals surface area contributed by atoms with Crippen molar-refractivity contribution in [1.82, 2.24) is 4.98 Å². The highest BCUT2D eigenvalue weighted by Gasteiger charge is 2.15. The van der Waals surface area contributed by atoms with Crippen molar-refractivity contribution < 1.29 is 8.42 Å². The summed E-state index contributed by atoms with van der Waals surface area (Å²) in [6.45, 7) is 4.15. The minimum atomic E-state index is -3.50. The van der Waals surface area contributed by atoms with Gasteiger partial charge < -0.3 is 5.32 Å². The van der Waals surface area contributed by atoms with Crippen LogP contribution in [0.4, 0.5) is 11.5 Å². The predicted octanol–water partition coefficient (Wildman–Crippen LogP) is 3.15. The topological polar surface area (TPSA) is 71.1 Å². The maximum absolute atomic E-state index is 12.0. The molecule has 0 aliphatic rings. The van der Waals surface area contributed by atoms with Crippen molar-refractivity contribution in [2.75, 3.05) is 10.0 Å². The molecule has 0 aliphatic heterocycles. The predicted molar refractivity (Wildman–Crippen MR) is 82.7 cm³/mol. The Morgan fingerprint density at radius 2 is 2.15 bits per heavy atom. The SMILES string of the molecule is CCC(C)Nc1ccc(NS(=O)(=O)c2cccs2)cn1. The lowest BCUT2D eigenvalue weighted by molar-refractivity contribution is 0.603. The first-order valence-corrected chi connectivity index (χ1v) is 8.66. The molecule has 1 atom stereocenters. The standard InChI is InChI=1S/C13H17N3O2S2/c1-3-10(2)15-12-7-6-11(9-14-12)16-20(17,18)13-5-4-8-19-13/h4-10,16H,3H2,1-2H3,(H,14,15). The highest BCUT2D eigenvalue weighted by Crippen LogP contribution is 2.20. The summed E-state index contributed by atoms with van der Waals surface area (Å²) in [5.74, 6) is 0.735. The second kappa shape index (κ2) is 6.23. The largest absolute Gasteiger partial charge is 0.368 e. The Hall–Kier alpha value is -1.60. The molecule has 0 spiro atoms. The van der Waals surface area contributed by atoms with Crippen molar-refractivity contribution in [3.05, 3.63) is 35.8 Å². The third-order valence-corrected chi connectivity index (χ3v) is 5.56. The number of hydrogen-bond acceptors (Lipinski definition) is 5. The lowest BCUT2D eigenvalue weighted by Gasteiger charge is -2.12. The Morgan fingerprint density at radius 3 is 2.70 bits per heavy atom. The molecule has 0 saturated heterocycles. The summed E-state index contributed by atoms with van der Waals surface area (Å²) in [7, 11) is -3.50. The zero-order valence-corrected chi connectivity index (χ0v) is 13.0. The van der Waals surface area contributed by atoms with Crippen LogP contribution in [0.2, 0.25) is 0 Å². The molecule has 20 heavy (non-hydrogen) atoms. The second-order valence-electron chi connectivity index (χ2n) is 4.42. The van der Waals surface area contributed by atoms with E-state index in [9.17, 15) is 8.42 Å². The van der Waals surface area contributed by atoms with Crippen molar-refractivity contribution in [3.8, 4) is 0 Å². The molecule has 0 aliphatic carbocycles. The van der Waals surface area contributed by atoms with Crippen LogP contribution in [-0.2, 0) is 10.0 Å². The van der Waals surface area contributed by atoms with E-state index in [4.69, 9.17) is 0 Å². The van der Waals surface area contributed by atoms with E-state index in [1.165, 1.54) is 17.5 Å². The molecule has 1 unspecified atom stereocenters. The van der Waals surface area contributed by atoms with E-state index < -0.39 is 10.0 Å². The number of hydrogen-bond donors (Lipinski definition) is 2. The normalized spacial score (nSPS) is 12.9. The van der Waals surface area contributed by atoms with Crippen LogP contribution in [0.3, 0.4) is 0 Å². The van der Waals surface area contributed by atoms with Crippen molar-refractivity contribution >= 4 is 32.9 Å². The van der Waals surface area contributed by atoms with Crippen LogP contribution in [0, 0.1) is 0 Å². The summed E-state index contributed by atoms with van der Waals surface area (Å²) >= 11 is 1.18. The van der Waals surface area contributed by atoms with Gasteiger partial charge in [-0.2, -0.15) is 0 Å². The molecule has 5 nitrogen and oxygen atoms in total. The summed E-state index contributed by atoms with van der Waals surface area (Å²) in [5, 5.41) is 4.95. The van der Waals surface area contributed by atoms with E-state index in [-0.39, 0.29) is 0 Å². The van der Waals surface area contributed by atoms with Gasteiger partial charge in [-0.3, -0.25) is 4.72 Å². The molecule has 2 aromatic heterocycles. The van der Waals surface area contributed by atoms with Crippen LogP contribution in [0.5, 0.6) is 0 Å². The number of aromatic nitrogens is 1. The van der Waals surface area contributed by atoms with Gasteiger partial charge in [-0.05, 0) is 36.9 Å². The van der Waals surface area contributed by atoms with Gasteiger partial charge >= 0.3 is 0 Å². The summed E-state index contributed by atoms with van der Waals surface area (Å²) in [6, 6.07) is 7.06. The molecule has 0 saturated carbocycles.